The quantitative estimate of drug-likeness (QED) is 0.743. The largest absolute Gasteiger partial charge is 0.252 e. The molecule has 1 heterocycles. The molecule has 0 fully saturated rings. The third-order valence-electron chi connectivity index (χ3n) is 3.55. The van der Waals surface area contributed by atoms with E-state index < -0.39 is 0 Å². The molecule has 2 aromatic rings. The van der Waals surface area contributed by atoms with E-state index >= 15 is 0 Å². The molecule has 0 unspecified atom stereocenters. The number of nitrogens with zero attached hydrogens (tertiary/aromatic N) is 1. The lowest BCUT2D eigenvalue weighted by atomic mass is 9.90. The van der Waals surface area contributed by atoms with Crippen molar-refractivity contribution in [3.8, 4) is 0 Å². The first kappa shape index (κ1) is 12.6. The fourth-order valence-electron chi connectivity index (χ4n) is 2.76. The van der Waals surface area contributed by atoms with Gasteiger partial charge in [0.1, 0.15) is 0 Å². The summed E-state index contributed by atoms with van der Waals surface area (Å²) in [4.78, 5) is 4.74. The van der Waals surface area contributed by atoms with Gasteiger partial charge in [0.15, 0.2) is 0 Å². The molecule has 1 aromatic carbocycles. The Morgan fingerprint density at radius 2 is 1.94 bits per heavy atom. The maximum atomic E-state index is 6.33. The van der Waals surface area contributed by atoms with E-state index in [2.05, 4.69) is 12.6 Å². The van der Waals surface area contributed by atoms with Gasteiger partial charge in [-0.2, -0.15) is 12.6 Å². The summed E-state index contributed by atoms with van der Waals surface area (Å²) in [6, 6.07) is 3.68. The Morgan fingerprint density at radius 3 is 2.72 bits per heavy atom. The number of rotatable bonds is 1. The Bertz CT molecular complexity index is 625. The van der Waals surface area contributed by atoms with Crippen LogP contribution in [-0.2, 0) is 18.6 Å². The zero-order chi connectivity index (χ0) is 12.7. The SMILES string of the molecule is SCc1c2c(nc3cc(Cl)cc(Cl)c13)CCCC2. The summed E-state index contributed by atoms with van der Waals surface area (Å²) < 4.78 is 0. The first-order valence-corrected chi connectivity index (χ1v) is 7.50. The molecular weight excluding hydrogens is 285 g/mol. The summed E-state index contributed by atoms with van der Waals surface area (Å²) >= 11 is 16.9. The van der Waals surface area contributed by atoms with E-state index in [1.807, 2.05) is 6.07 Å². The van der Waals surface area contributed by atoms with Gasteiger partial charge in [0.05, 0.1) is 10.5 Å². The van der Waals surface area contributed by atoms with Gasteiger partial charge in [0.2, 0.25) is 0 Å². The smallest absolute Gasteiger partial charge is 0.0738 e. The van der Waals surface area contributed by atoms with Crippen LogP contribution in [0.1, 0.15) is 29.7 Å². The summed E-state index contributed by atoms with van der Waals surface area (Å²) in [5.74, 6) is 0.697. The van der Waals surface area contributed by atoms with E-state index in [1.54, 1.807) is 6.07 Å². The predicted molar refractivity (Wildman–Crippen MR) is 81.1 cm³/mol. The van der Waals surface area contributed by atoms with Crippen molar-refractivity contribution in [2.75, 3.05) is 0 Å². The van der Waals surface area contributed by atoms with E-state index in [0.717, 1.165) is 23.7 Å². The fraction of sp³-hybridized carbons (Fsp3) is 0.357. The number of aromatic nitrogens is 1. The van der Waals surface area contributed by atoms with Gasteiger partial charge in [-0.05, 0) is 48.9 Å². The van der Waals surface area contributed by atoms with Gasteiger partial charge in [-0.1, -0.05) is 23.2 Å². The van der Waals surface area contributed by atoms with E-state index in [-0.39, 0.29) is 0 Å². The molecule has 0 saturated carbocycles. The normalized spacial score (nSPS) is 14.8. The van der Waals surface area contributed by atoms with E-state index in [1.165, 1.54) is 29.7 Å². The Morgan fingerprint density at radius 1 is 1.17 bits per heavy atom. The van der Waals surface area contributed by atoms with Gasteiger partial charge in [-0.15, -0.1) is 0 Å². The van der Waals surface area contributed by atoms with Crippen molar-refractivity contribution in [1.82, 2.24) is 4.98 Å². The highest BCUT2D eigenvalue weighted by molar-refractivity contribution is 7.79. The Hall–Kier alpha value is -0.440. The van der Waals surface area contributed by atoms with Gasteiger partial charge in [0.25, 0.3) is 0 Å². The molecule has 1 nitrogen and oxygen atoms in total. The second-order valence-corrected chi connectivity index (χ2v) is 5.82. The summed E-state index contributed by atoms with van der Waals surface area (Å²) in [5, 5.41) is 2.35. The van der Waals surface area contributed by atoms with Crippen molar-refractivity contribution in [1.29, 1.82) is 0 Å². The summed E-state index contributed by atoms with van der Waals surface area (Å²) in [6.07, 6.45) is 4.58. The molecule has 3 rings (SSSR count). The van der Waals surface area contributed by atoms with Gasteiger partial charge in [-0.3, -0.25) is 4.98 Å². The maximum absolute atomic E-state index is 6.33. The van der Waals surface area contributed by atoms with E-state index in [9.17, 15) is 0 Å². The highest BCUT2D eigenvalue weighted by atomic mass is 35.5. The molecule has 0 radical (unpaired) electrons. The number of halogens is 2. The first-order chi connectivity index (χ1) is 8.70. The van der Waals surface area contributed by atoms with Crippen molar-refractivity contribution in [2.24, 2.45) is 0 Å². The minimum atomic E-state index is 0.640. The summed E-state index contributed by atoms with van der Waals surface area (Å²) in [5.41, 5.74) is 4.70. The molecular formula is C14H13Cl2NS. The van der Waals surface area contributed by atoms with E-state index in [4.69, 9.17) is 28.2 Å². The lowest BCUT2D eigenvalue weighted by Crippen LogP contribution is -2.09. The topological polar surface area (TPSA) is 12.9 Å². The van der Waals surface area contributed by atoms with Gasteiger partial charge < -0.3 is 0 Å². The van der Waals surface area contributed by atoms with Crippen molar-refractivity contribution < 1.29 is 0 Å². The Labute approximate surface area is 122 Å². The molecule has 4 heteroatoms. The monoisotopic (exact) mass is 297 g/mol. The maximum Gasteiger partial charge on any atom is 0.0738 e. The van der Waals surface area contributed by atoms with Crippen LogP contribution in [0, 0.1) is 0 Å². The fourth-order valence-corrected chi connectivity index (χ4v) is 3.70. The summed E-state index contributed by atoms with van der Waals surface area (Å²) in [7, 11) is 0. The van der Waals surface area contributed by atoms with Crippen molar-refractivity contribution in [3.63, 3.8) is 0 Å². The molecule has 0 amide bonds. The average Bonchev–Trinajstić information content (AvgIpc) is 2.35. The van der Waals surface area contributed by atoms with Crippen molar-refractivity contribution >= 4 is 46.7 Å². The second kappa shape index (κ2) is 4.92. The molecule has 1 aromatic heterocycles. The number of aryl methyl sites for hydroxylation is 1. The van der Waals surface area contributed by atoms with Crippen LogP contribution >= 0.6 is 35.8 Å². The lowest BCUT2D eigenvalue weighted by molar-refractivity contribution is 0.667. The number of fused-ring (bicyclic) bond motifs is 2. The standard InChI is InChI=1S/C14H13Cl2NS/c15-8-5-11(16)14-10(7-18)9-3-1-2-4-12(9)17-13(14)6-8/h5-6,18H,1-4,7H2. The molecule has 94 valence electrons. The first-order valence-electron chi connectivity index (χ1n) is 6.11. The minimum Gasteiger partial charge on any atom is -0.252 e. The van der Waals surface area contributed by atoms with Crippen LogP contribution in [0.15, 0.2) is 12.1 Å². The second-order valence-electron chi connectivity index (χ2n) is 4.66. The lowest BCUT2D eigenvalue weighted by Gasteiger charge is -2.20. The number of pyridine rings is 1. The average molecular weight is 298 g/mol. The summed E-state index contributed by atoms with van der Waals surface area (Å²) in [6.45, 7) is 0. The molecule has 0 aliphatic heterocycles. The van der Waals surface area contributed by atoms with E-state index in [0.29, 0.717) is 15.8 Å². The Balaban J connectivity index is 2.40. The molecule has 0 N–H and O–H groups in total. The van der Waals surface area contributed by atoms with Gasteiger partial charge in [-0.25, -0.2) is 0 Å². The molecule has 0 spiro atoms. The number of hydrogen-bond acceptors (Lipinski definition) is 2. The molecule has 1 aliphatic carbocycles. The van der Waals surface area contributed by atoms with Crippen LogP contribution in [0.2, 0.25) is 10.0 Å². The zero-order valence-electron chi connectivity index (χ0n) is 9.84. The minimum absolute atomic E-state index is 0.640. The Kier molecular flexibility index (Phi) is 3.44. The third-order valence-corrected chi connectivity index (χ3v) is 4.39. The van der Waals surface area contributed by atoms with Gasteiger partial charge in [0, 0.05) is 21.9 Å². The van der Waals surface area contributed by atoms with Crippen LogP contribution in [0.5, 0.6) is 0 Å². The zero-order valence-corrected chi connectivity index (χ0v) is 12.2. The van der Waals surface area contributed by atoms with Crippen molar-refractivity contribution in [2.45, 2.75) is 31.4 Å². The molecule has 18 heavy (non-hydrogen) atoms. The van der Waals surface area contributed by atoms with Crippen LogP contribution in [0.25, 0.3) is 10.9 Å². The van der Waals surface area contributed by atoms with Crippen LogP contribution < -0.4 is 0 Å². The highest BCUT2D eigenvalue weighted by Crippen LogP contribution is 2.35. The van der Waals surface area contributed by atoms with Crippen LogP contribution in [0.4, 0.5) is 0 Å². The predicted octanol–water partition coefficient (Wildman–Crippen LogP) is 4.85. The number of thiol groups is 1. The highest BCUT2D eigenvalue weighted by Gasteiger charge is 2.19. The van der Waals surface area contributed by atoms with Crippen LogP contribution in [-0.4, -0.2) is 4.98 Å². The van der Waals surface area contributed by atoms with Crippen LogP contribution in [0.3, 0.4) is 0 Å². The molecule has 1 aliphatic rings. The van der Waals surface area contributed by atoms with Crippen molar-refractivity contribution in [3.05, 3.63) is 39.0 Å². The number of hydrogen-bond donors (Lipinski definition) is 1. The molecule has 0 saturated heterocycles. The molecule has 0 bridgehead atoms. The third kappa shape index (κ3) is 2.01. The molecule has 0 atom stereocenters. The number of benzene rings is 1. The van der Waals surface area contributed by atoms with Gasteiger partial charge >= 0.3 is 0 Å².